The lowest BCUT2D eigenvalue weighted by Crippen LogP contribution is -2.30. The van der Waals surface area contributed by atoms with Crippen LogP contribution in [0.4, 0.5) is 0 Å². The van der Waals surface area contributed by atoms with E-state index in [1.165, 1.54) is 289 Å². The summed E-state index contributed by atoms with van der Waals surface area (Å²) >= 11 is 0. The number of hydrogen-bond acceptors (Lipinski definition) is 6. The van der Waals surface area contributed by atoms with Crippen molar-refractivity contribution in [3.8, 4) is 0 Å². The van der Waals surface area contributed by atoms with Crippen molar-refractivity contribution in [1.82, 2.24) is 0 Å². The molecule has 0 aliphatic rings. The first-order chi connectivity index (χ1) is 38.5. The highest BCUT2D eigenvalue weighted by atomic mass is 16.6. The normalized spacial score (nSPS) is 12.1. The monoisotopic (exact) mass is 1100 g/mol. The zero-order valence-electron chi connectivity index (χ0n) is 53.0. The van der Waals surface area contributed by atoms with Gasteiger partial charge in [-0.15, -0.1) is 0 Å². The van der Waals surface area contributed by atoms with Crippen LogP contribution in [0.5, 0.6) is 0 Å². The zero-order chi connectivity index (χ0) is 56.4. The van der Waals surface area contributed by atoms with Crippen molar-refractivity contribution < 1.29 is 28.6 Å². The topological polar surface area (TPSA) is 78.9 Å². The highest BCUT2D eigenvalue weighted by Crippen LogP contribution is 2.19. The van der Waals surface area contributed by atoms with Crippen LogP contribution in [0.1, 0.15) is 400 Å². The van der Waals surface area contributed by atoms with Gasteiger partial charge in [-0.05, 0) is 51.4 Å². The second-order valence-electron chi connectivity index (χ2n) is 24.2. The number of ether oxygens (including phenoxy) is 3. The van der Waals surface area contributed by atoms with Crippen molar-refractivity contribution in [3.05, 3.63) is 24.3 Å². The van der Waals surface area contributed by atoms with Gasteiger partial charge in [0.1, 0.15) is 13.2 Å². The maximum Gasteiger partial charge on any atom is 0.306 e. The summed E-state index contributed by atoms with van der Waals surface area (Å²) in [5.41, 5.74) is 0. The summed E-state index contributed by atoms with van der Waals surface area (Å²) in [7, 11) is 0. The van der Waals surface area contributed by atoms with Crippen LogP contribution in [0, 0.1) is 0 Å². The maximum atomic E-state index is 13.0. The minimum Gasteiger partial charge on any atom is -0.462 e. The van der Waals surface area contributed by atoms with Crippen LogP contribution in [0.25, 0.3) is 0 Å². The Kier molecular flexibility index (Phi) is 65.6. The largest absolute Gasteiger partial charge is 0.462 e. The molecule has 460 valence electrons. The van der Waals surface area contributed by atoms with Crippen molar-refractivity contribution >= 4 is 17.9 Å². The molecule has 1 atom stereocenters. The average Bonchev–Trinajstić information content (AvgIpc) is 3.44. The van der Waals surface area contributed by atoms with Gasteiger partial charge in [0.15, 0.2) is 6.10 Å². The fraction of sp³-hybridized carbons (Fsp3) is 0.903. The second kappa shape index (κ2) is 67.4. The van der Waals surface area contributed by atoms with Gasteiger partial charge in [-0.25, -0.2) is 0 Å². The van der Waals surface area contributed by atoms with Gasteiger partial charge in [0, 0.05) is 19.3 Å². The molecule has 0 aromatic carbocycles. The first kappa shape index (κ1) is 75.9. The molecule has 0 radical (unpaired) electrons. The molecule has 0 aromatic rings. The standard InChI is InChI=1S/C72H136O6/c1-4-7-10-13-16-19-22-25-28-31-33-34-35-36-37-39-41-44-47-50-53-56-59-62-65-71(74)77-68-69(67-76-70(73)64-61-58-55-52-49-46-43-40-30-27-24-21-18-15-12-9-6-3)78-72(75)66-63-60-57-54-51-48-45-42-38-32-29-26-23-20-17-14-11-8-5-2/h18,21,27,30,69H,4-17,19-20,22-26,28-29,31-68H2,1-3H3/b21-18-,30-27-. The quantitative estimate of drug-likeness (QED) is 0.0261. The lowest BCUT2D eigenvalue weighted by Gasteiger charge is -2.18. The van der Waals surface area contributed by atoms with Crippen molar-refractivity contribution in [1.29, 1.82) is 0 Å². The number of allylic oxidation sites excluding steroid dienone is 4. The van der Waals surface area contributed by atoms with E-state index >= 15 is 0 Å². The van der Waals surface area contributed by atoms with E-state index in [1.54, 1.807) is 0 Å². The first-order valence-corrected chi connectivity index (χ1v) is 35.3. The molecule has 0 bridgehead atoms. The van der Waals surface area contributed by atoms with Crippen LogP contribution >= 0.6 is 0 Å². The number of carbonyl (C=O) groups is 3. The van der Waals surface area contributed by atoms with Gasteiger partial charge < -0.3 is 14.2 Å². The van der Waals surface area contributed by atoms with Crippen LogP contribution in [0.15, 0.2) is 24.3 Å². The molecule has 0 saturated heterocycles. The Balaban J connectivity index is 4.27. The van der Waals surface area contributed by atoms with E-state index in [1.807, 2.05) is 0 Å². The van der Waals surface area contributed by atoms with Gasteiger partial charge >= 0.3 is 17.9 Å². The minimum absolute atomic E-state index is 0.0671. The smallest absolute Gasteiger partial charge is 0.306 e. The highest BCUT2D eigenvalue weighted by Gasteiger charge is 2.19. The molecule has 0 fully saturated rings. The van der Waals surface area contributed by atoms with Gasteiger partial charge in [-0.1, -0.05) is 353 Å². The molecule has 0 heterocycles. The van der Waals surface area contributed by atoms with E-state index in [9.17, 15) is 14.4 Å². The SMILES string of the molecule is CCCCC/C=C\C/C=C\CCCCCCCCCC(=O)OCC(COC(=O)CCCCCCCCCCCCCCCCCCCCCCCCCC)OC(=O)CCCCCCCCCCCCCCCCCCCCC. The van der Waals surface area contributed by atoms with Crippen molar-refractivity contribution in [2.24, 2.45) is 0 Å². The summed E-state index contributed by atoms with van der Waals surface area (Å²) in [6, 6.07) is 0. The molecule has 6 heteroatoms. The molecular weight excluding hydrogens is 961 g/mol. The Hall–Kier alpha value is -2.11. The Morgan fingerprint density at radius 3 is 0.731 bits per heavy atom. The Morgan fingerprint density at radius 2 is 0.462 bits per heavy atom. The Morgan fingerprint density at radius 1 is 0.256 bits per heavy atom. The lowest BCUT2D eigenvalue weighted by molar-refractivity contribution is -0.167. The van der Waals surface area contributed by atoms with Gasteiger partial charge in [0.05, 0.1) is 0 Å². The average molecular weight is 1100 g/mol. The number of hydrogen-bond donors (Lipinski definition) is 0. The third kappa shape index (κ3) is 64.7. The number of carbonyl (C=O) groups excluding carboxylic acids is 3. The number of esters is 3. The zero-order valence-corrected chi connectivity index (χ0v) is 53.0. The third-order valence-corrected chi connectivity index (χ3v) is 16.2. The highest BCUT2D eigenvalue weighted by molar-refractivity contribution is 5.71. The first-order valence-electron chi connectivity index (χ1n) is 35.3. The second-order valence-corrected chi connectivity index (χ2v) is 24.2. The molecule has 0 aliphatic heterocycles. The van der Waals surface area contributed by atoms with E-state index in [-0.39, 0.29) is 31.1 Å². The van der Waals surface area contributed by atoms with E-state index in [0.29, 0.717) is 19.3 Å². The molecule has 0 saturated carbocycles. The Bertz CT molecular complexity index is 1260. The predicted molar refractivity (Wildman–Crippen MR) is 340 cm³/mol. The van der Waals surface area contributed by atoms with E-state index < -0.39 is 6.10 Å². The molecule has 0 rings (SSSR count). The van der Waals surface area contributed by atoms with Gasteiger partial charge in [0.25, 0.3) is 0 Å². The van der Waals surface area contributed by atoms with Crippen LogP contribution in [0.2, 0.25) is 0 Å². The Labute approximate surface area is 487 Å². The summed E-state index contributed by atoms with van der Waals surface area (Å²) in [5.74, 6) is -0.841. The van der Waals surface area contributed by atoms with Crippen LogP contribution in [0.3, 0.4) is 0 Å². The molecule has 0 aliphatic carbocycles. The van der Waals surface area contributed by atoms with Crippen LogP contribution < -0.4 is 0 Å². The fourth-order valence-electron chi connectivity index (χ4n) is 10.9. The fourth-order valence-corrected chi connectivity index (χ4v) is 10.9. The molecule has 0 N–H and O–H groups in total. The molecule has 0 spiro atoms. The van der Waals surface area contributed by atoms with Crippen molar-refractivity contribution in [2.75, 3.05) is 13.2 Å². The maximum absolute atomic E-state index is 13.0. The van der Waals surface area contributed by atoms with E-state index in [0.717, 1.165) is 70.6 Å². The van der Waals surface area contributed by atoms with Crippen molar-refractivity contribution in [3.63, 3.8) is 0 Å². The summed E-state index contributed by atoms with van der Waals surface area (Å²) in [6.07, 6.45) is 82.0. The summed E-state index contributed by atoms with van der Waals surface area (Å²) in [4.78, 5) is 38.5. The summed E-state index contributed by atoms with van der Waals surface area (Å²) in [6.45, 7) is 6.70. The molecular formula is C72H136O6. The predicted octanol–water partition coefficient (Wildman–Crippen LogP) is 24.2. The van der Waals surface area contributed by atoms with Crippen molar-refractivity contribution in [2.45, 2.75) is 406 Å². The lowest BCUT2D eigenvalue weighted by atomic mass is 10.0. The molecule has 78 heavy (non-hydrogen) atoms. The van der Waals surface area contributed by atoms with Gasteiger partial charge in [0.2, 0.25) is 0 Å². The summed E-state index contributed by atoms with van der Waals surface area (Å²) < 4.78 is 17.0. The molecule has 0 aromatic heterocycles. The third-order valence-electron chi connectivity index (χ3n) is 16.2. The van der Waals surface area contributed by atoms with E-state index in [4.69, 9.17) is 14.2 Å². The number of unbranched alkanes of at least 4 members (excludes halogenated alkanes) is 51. The van der Waals surface area contributed by atoms with E-state index in [2.05, 4.69) is 45.1 Å². The summed E-state index contributed by atoms with van der Waals surface area (Å²) in [5, 5.41) is 0. The van der Waals surface area contributed by atoms with Crippen LogP contribution in [-0.4, -0.2) is 37.2 Å². The minimum atomic E-state index is -0.771. The molecule has 0 amide bonds. The van der Waals surface area contributed by atoms with Gasteiger partial charge in [-0.3, -0.25) is 14.4 Å². The molecule has 6 nitrogen and oxygen atoms in total. The van der Waals surface area contributed by atoms with Gasteiger partial charge in [-0.2, -0.15) is 0 Å². The number of rotatable bonds is 66. The molecule has 1 unspecified atom stereocenters. The van der Waals surface area contributed by atoms with Crippen LogP contribution in [-0.2, 0) is 28.6 Å².